The Kier molecular flexibility index (Phi) is 5.52. The van der Waals surface area contributed by atoms with Gasteiger partial charge in [-0.1, -0.05) is 0 Å². The zero-order valence-corrected chi connectivity index (χ0v) is 10.6. The molecule has 4 heteroatoms. The Morgan fingerprint density at radius 3 is 2.62 bits per heavy atom. The van der Waals surface area contributed by atoms with Crippen LogP contribution in [0.3, 0.4) is 0 Å². The fraction of sp³-hybridized carbons (Fsp3) is 0.667. The van der Waals surface area contributed by atoms with E-state index in [2.05, 4.69) is 30.9 Å². The summed E-state index contributed by atoms with van der Waals surface area (Å²) in [6.45, 7) is 3.58. The second-order valence-corrected chi connectivity index (χ2v) is 4.47. The molecule has 0 spiro atoms. The molecule has 0 amide bonds. The average molecular weight is 225 g/mol. The Morgan fingerprint density at radius 1 is 1.25 bits per heavy atom. The lowest BCUT2D eigenvalue weighted by atomic mass is 10.2. The van der Waals surface area contributed by atoms with Crippen molar-refractivity contribution in [1.82, 2.24) is 9.80 Å². The van der Waals surface area contributed by atoms with Crippen molar-refractivity contribution in [3.8, 4) is 0 Å². The standard InChI is InChI=1S/C12H23N3O/c1-14(2)6-4-7-15(3)10-12-11(9-13)5-8-16-12/h5,8H,4,6-7,9-10,13H2,1-3H3. The quantitative estimate of drug-likeness (QED) is 0.755. The van der Waals surface area contributed by atoms with Gasteiger partial charge in [0.1, 0.15) is 5.76 Å². The molecule has 0 atom stereocenters. The van der Waals surface area contributed by atoms with Gasteiger partial charge in [0.15, 0.2) is 0 Å². The first-order valence-corrected chi connectivity index (χ1v) is 5.72. The molecule has 4 nitrogen and oxygen atoms in total. The third-order valence-electron chi connectivity index (χ3n) is 2.62. The van der Waals surface area contributed by atoms with E-state index in [1.54, 1.807) is 6.26 Å². The van der Waals surface area contributed by atoms with Crippen LogP contribution in [0.1, 0.15) is 17.7 Å². The molecule has 1 rings (SSSR count). The summed E-state index contributed by atoms with van der Waals surface area (Å²) in [6, 6.07) is 1.95. The first-order valence-electron chi connectivity index (χ1n) is 5.72. The predicted molar refractivity (Wildman–Crippen MR) is 66.1 cm³/mol. The van der Waals surface area contributed by atoms with E-state index in [9.17, 15) is 0 Å². The van der Waals surface area contributed by atoms with E-state index >= 15 is 0 Å². The fourth-order valence-electron chi connectivity index (χ4n) is 1.67. The average Bonchev–Trinajstić information content (AvgIpc) is 2.64. The molecule has 0 aliphatic rings. The Labute approximate surface area is 98.0 Å². The van der Waals surface area contributed by atoms with Crippen molar-refractivity contribution in [3.05, 3.63) is 23.7 Å². The summed E-state index contributed by atoms with van der Waals surface area (Å²) >= 11 is 0. The van der Waals surface area contributed by atoms with Crippen molar-refractivity contribution in [1.29, 1.82) is 0 Å². The lowest BCUT2D eigenvalue weighted by Gasteiger charge is -2.17. The topological polar surface area (TPSA) is 45.6 Å². The summed E-state index contributed by atoms with van der Waals surface area (Å²) < 4.78 is 5.42. The first-order chi connectivity index (χ1) is 7.63. The van der Waals surface area contributed by atoms with Gasteiger partial charge in [-0.05, 0) is 46.7 Å². The van der Waals surface area contributed by atoms with Crippen LogP contribution in [0.5, 0.6) is 0 Å². The summed E-state index contributed by atoms with van der Waals surface area (Å²) in [6.07, 6.45) is 2.88. The van der Waals surface area contributed by atoms with Crippen molar-refractivity contribution in [2.75, 3.05) is 34.2 Å². The van der Waals surface area contributed by atoms with Crippen LogP contribution in [-0.4, -0.2) is 44.0 Å². The molecule has 16 heavy (non-hydrogen) atoms. The van der Waals surface area contributed by atoms with Gasteiger partial charge in [-0.3, -0.25) is 4.90 Å². The van der Waals surface area contributed by atoms with Crippen molar-refractivity contribution in [3.63, 3.8) is 0 Å². The molecular formula is C12H23N3O. The third-order valence-corrected chi connectivity index (χ3v) is 2.62. The van der Waals surface area contributed by atoms with Gasteiger partial charge in [-0.2, -0.15) is 0 Å². The normalized spacial score (nSPS) is 11.6. The highest BCUT2D eigenvalue weighted by Gasteiger charge is 2.07. The SMILES string of the molecule is CN(C)CCCN(C)Cc1occc1CN. The van der Waals surface area contributed by atoms with Crippen LogP contribution in [-0.2, 0) is 13.1 Å². The highest BCUT2D eigenvalue weighted by Crippen LogP contribution is 2.11. The lowest BCUT2D eigenvalue weighted by Crippen LogP contribution is -2.23. The molecule has 1 heterocycles. The Morgan fingerprint density at radius 2 is 2.00 bits per heavy atom. The second-order valence-electron chi connectivity index (χ2n) is 4.47. The third kappa shape index (κ3) is 4.35. The predicted octanol–water partition coefficient (Wildman–Crippen LogP) is 1.12. The maximum Gasteiger partial charge on any atom is 0.122 e. The largest absolute Gasteiger partial charge is 0.468 e. The molecule has 1 aromatic rings. The van der Waals surface area contributed by atoms with Crippen molar-refractivity contribution >= 4 is 0 Å². The van der Waals surface area contributed by atoms with Gasteiger partial charge in [0.25, 0.3) is 0 Å². The van der Waals surface area contributed by atoms with E-state index in [-0.39, 0.29) is 0 Å². The molecule has 0 aliphatic carbocycles. The monoisotopic (exact) mass is 225 g/mol. The molecule has 0 saturated heterocycles. The second kappa shape index (κ2) is 6.68. The maximum atomic E-state index is 5.63. The smallest absolute Gasteiger partial charge is 0.122 e. The Balaban J connectivity index is 2.31. The van der Waals surface area contributed by atoms with Crippen LogP contribution >= 0.6 is 0 Å². The van der Waals surface area contributed by atoms with Crippen LogP contribution in [0.2, 0.25) is 0 Å². The van der Waals surface area contributed by atoms with E-state index in [1.165, 1.54) is 6.42 Å². The fourth-order valence-corrected chi connectivity index (χ4v) is 1.67. The number of hydrogen-bond acceptors (Lipinski definition) is 4. The van der Waals surface area contributed by atoms with Gasteiger partial charge in [-0.25, -0.2) is 0 Å². The molecule has 0 aliphatic heterocycles. The van der Waals surface area contributed by atoms with Gasteiger partial charge in [0.05, 0.1) is 12.8 Å². The number of hydrogen-bond donors (Lipinski definition) is 1. The summed E-state index contributed by atoms with van der Waals surface area (Å²) in [7, 11) is 6.30. The highest BCUT2D eigenvalue weighted by molar-refractivity contribution is 5.16. The Hall–Kier alpha value is -0.840. The van der Waals surface area contributed by atoms with E-state index in [1.807, 2.05) is 6.07 Å². The minimum absolute atomic E-state index is 0.553. The molecule has 0 aromatic carbocycles. The zero-order chi connectivity index (χ0) is 12.0. The number of furan rings is 1. The number of nitrogens with zero attached hydrogens (tertiary/aromatic N) is 2. The van der Waals surface area contributed by atoms with Gasteiger partial charge in [0, 0.05) is 12.1 Å². The summed E-state index contributed by atoms with van der Waals surface area (Å²) in [5.74, 6) is 0.995. The summed E-state index contributed by atoms with van der Waals surface area (Å²) in [4.78, 5) is 4.47. The summed E-state index contributed by atoms with van der Waals surface area (Å²) in [5, 5.41) is 0. The van der Waals surface area contributed by atoms with Gasteiger partial charge in [-0.15, -0.1) is 0 Å². The van der Waals surface area contributed by atoms with E-state index in [4.69, 9.17) is 10.2 Å². The van der Waals surface area contributed by atoms with Gasteiger partial charge >= 0.3 is 0 Å². The summed E-state index contributed by atoms with van der Waals surface area (Å²) in [5.41, 5.74) is 6.74. The molecule has 0 bridgehead atoms. The zero-order valence-electron chi connectivity index (χ0n) is 10.6. The molecule has 0 unspecified atom stereocenters. The number of rotatable bonds is 7. The molecule has 0 radical (unpaired) electrons. The first kappa shape index (κ1) is 13.2. The van der Waals surface area contributed by atoms with Crippen LogP contribution in [0.4, 0.5) is 0 Å². The van der Waals surface area contributed by atoms with Crippen molar-refractivity contribution in [2.24, 2.45) is 5.73 Å². The molecule has 2 N–H and O–H groups in total. The molecule has 0 fully saturated rings. The van der Waals surface area contributed by atoms with Crippen molar-refractivity contribution in [2.45, 2.75) is 19.5 Å². The minimum atomic E-state index is 0.553. The van der Waals surface area contributed by atoms with Crippen LogP contribution < -0.4 is 5.73 Å². The highest BCUT2D eigenvalue weighted by atomic mass is 16.3. The molecule has 1 aromatic heterocycles. The van der Waals surface area contributed by atoms with Gasteiger partial charge in [0.2, 0.25) is 0 Å². The number of nitrogens with two attached hydrogens (primary N) is 1. The molecule has 0 saturated carbocycles. The van der Waals surface area contributed by atoms with Crippen LogP contribution in [0.25, 0.3) is 0 Å². The maximum absolute atomic E-state index is 5.63. The van der Waals surface area contributed by atoms with E-state index in [0.29, 0.717) is 6.54 Å². The van der Waals surface area contributed by atoms with E-state index in [0.717, 1.165) is 31.0 Å². The van der Waals surface area contributed by atoms with Crippen LogP contribution in [0, 0.1) is 0 Å². The van der Waals surface area contributed by atoms with E-state index < -0.39 is 0 Å². The molecule has 92 valence electrons. The van der Waals surface area contributed by atoms with Crippen molar-refractivity contribution < 1.29 is 4.42 Å². The van der Waals surface area contributed by atoms with Gasteiger partial charge < -0.3 is 15.1 Å². The van der Waals surface area contributed by atoms with Crippen LogP contribution in [0.15, 0.2) is 16.7 Å². The molecular weight excluding hydrogens is 202 g/mol. The minimum Gasteiger partial charge on any atom is -0.468 e. The lowest BCUT2D eigenvalue weighted by molar-refractivity contribution is 0.272. The Bertz CT molecular complexity index is 296.